The molecule has 0 radical (unpaired) electrons. The number of hydrogen-bond acceptors (Lipinski definition) is 4. The lowest BCUT2D eigenvalue weighted by Gasteiger charge is -2.03. The Morgan fingerprint density at radius 3 is 2.58 bits per heavy atom. The number of benzene rings is 1. The molecular weight excluding hydrogens is 244 g/mol. The monoisotopic (exact) mass is 258 g/mol. The highest BCUT2D eigenvalue weighted by Gasteiger charge is 2.14. The molecule has 0 saturated carbocycles. The Morgan fingerprint density at radius 1 is 1.21 bits per heavy atom. The van der Waals surface area contributed by atoms with Crippen LogP contribution in [0.4, 0.5) is 5.69 Å². The molecule has 0 saturated heterocycles. The van der Waals surface area contributed by atoms with Gasteiger partial charge in [-0.1, -0.05) is 6.07 Å². The number of anilines is 1. The summed E-state index contributed by atoms with van der Waals surface area (Å²) in [4.78, 5) is 22.4. The second-order valence-electron chi connectivity index (χ2n) is 4.26. The summed E-state index contributed by atoms with van der Waals surface area (Å²) in [6.07, 6.45) is 0. The van der Waals surface area contributed by atoms with E-state index >= 15 is 0 Å². The summed E-state index contributed by atoms with van der Waals surface area (Å²) in [6.45, 7) is 3.20. The highest BCUT2D eigenvalue weighted by Crippen LogP contribution is 2.28. The Hall–Kier alpha value is -2.56. The molecule has 0 fully saturated rings. The molecule has 1 aromatic heterocycles. The first-order valence-electron chi connectivity index (χ1n) is 5.75. The van der Waals surface area contributed by atoms with Crippen LogP contribution in [0.5, 0.6) is 0 Å². The maximum atomic E-state index is 11.6. The van der Waals surface area contributed by atoms with Gasteiger partial charge in [0.05, 0.1) is 0 Å². The fourth-order valence-corrected chi connectivity index (χ4v) is 1.73. The second-order valence-corrected chi connectivity index (χ2v) is 4.26. The molecule has 0 aliphatic carbocycles. The van der Waals surface area contributed by atoms with E-state index in [9.17, 15) is 9.59 Å². The van der Waals surface area contributed by atoms with Crippen molar-refractivity contribution in [2.45, 2.75) is 13.8 Å². The lowest BCUT2D eigenvalue weighted by atomic mass is 10.1. The van der Waals surface area contributed by atoms with Gasteiger partial charge in [0.1, 0.15) is 5.76 Å². The molecule has 2 amide bonds. The molecule has 0 unspecified atom stereocenters. The molecule has 0 aliphatic rings. The molecule has 0 spiro atoms. The van der Waals surface area contributed by atoms with E-state index < -0.39 is 11.8 Å². The summed E-state index contributed by atoms with van der Waals surface area (Å²) in [5.74, 6) is -0.432. The molecule has 1 heterocycles. The van der Waals surface area contributed by atoms with Crippen LogP contribution in [0, 0.1) is 6.92 Å². The van der Waals surface area contributed by atoms with Crippen LogP contribution in [-0.4, -0.2) is 11.8 Å². The van der Waals surface area contributed by atoms with Gasteiger partial charge in [0.25, 0.3) is 5.91 Å². The van der Waals surface area contributed by atoms with E-state index in [0.29, 0.717) is 17.0 Å². The van der Waals surface area contributed by atoms with Gasteiger partial charge < -0.3 is 10.2 Å². The molecule has 5 nitrogen and oxygen atoms in total. The summed E-state index contributed by atoms with van der Waals surface area (Å²) in [5, 5.41) is 2.14. The summed E-state index contributed by atoms with van der Waals surface area (Å²) in [6, 6.07) is 8.72. The van der Waals surface area contributed by atoms with E-state index in [-0.39, 0.29) is 5.76 Å². The standard InChI is InChI=1S/C14H14N2O3/c1-8-3-4-10(11(15)7-8)12-5-6-13(19-12)14(18)16-9(2)17/h3-7H,15H2,1-2H3,(H,16,17,18). The van der Waals surface area contributed by atoms with Crippen molar-refractivity contribution in [2.24, 2.45) is 0 Å². The quantitative estimate of drug-likeness (QED) is 0.808. The zero-order chi connectivity index (χ0) is 14.0. The number of imide groups is 1. The maximum Gasteiger partial charge on any atom is 0.293 e. The SMILES string of the molecule is CC(=O)NC(=O)c1ccc(-c2ccc(C)cc2N)o1. The molecule has 3 N–H and O–H groups in total. The number of carbonyl (C=O) groups excluding carboxylic acids is 2. The third-order valence-electron chi connectivity index (χ3n) is 2.59. The van der Waals surface area contributed by atoms with Gasteiger partial charge in [0.2, 0.25) is 5.91 Å². The number of furan rings is 1. The van der Waals surface area contributed by atoms with E-state index in [4.69, 9.17) is 10.2 Å². The van der Waals surface area contributed by atoms with Gasteiger partial charge in [-0.2, -0.15) is 0 Å². The van der Waals surface area contributed by atoms with Crippen molar-refractivity contribution < 1.29 is 14.0 Å². The highest BCUT2D eigenvalue weighted by molar-refractivity contribution is 6.02. The Kier molecular flexibility index (Phi) is 3.37. The average Bonchev–Trinajstić information content (AvgIpc) is 2.77. The van der Waals surface area contributed by atoms with Gasteiger partial charge in [-0.25, -0.2) is 0 Å². The Balaban J connectivity index is 2.30. The summed E-state index contributed by atoms with van der Waals surface area (Å²) < 4.78 is 5.41. The van der Waals surface area contributed by atoms with Gasteiger partial charge in [-0.05, 0) is 36.8 Å². The number of rotatable bonds is 2. The number of nitrogens with one attached hydrogen (secondary N) is 1. The molecule has 1 aromatic carbocycles. The summed E-state index contributed by atoms with van der Waals surface area (Å²) in [7, 11) is 0. The third kappa shape index (κ3) is 2.82. The minimum absolute atomic E-state index is 0.0742. The molecule has 5 heteroatoms. The zero-order valence-corrected chi connectivity index (χ0v) is 10.7. The number of amides is 2. The van der Waals surface area contributed by atoms with Gasteiger partial charge in [0.15, 0.2) is 5.76 Å². The van der Waals surface area contributed by atoms with E-state index in [1.54, 1.807) is 6.07 Å². The molecule has 19 heavy (non-hydrogen) atoms. The van der Waals surface area contributed by atoms with Crippen LogP contribution in [0.15, 0.2) is 34.7 Å². The second kappa shape index (κ2) is 4.97. The van der Waals surface area contributed by atoms with Gasteiger partial charge >= 0.3 is 0 Å². The molecule has 0 atom stereocenters. The van der Waals surface area contributed by atoms with E-state index in [1.807, 2.05) is 25.1 Å². The van der Waals surface area contributed by atoms with Crippen molar-refractivity contribution in [3.05, 3.63) is 41.7 Å². The first-order valence-corrected chi connectivity index (χ1v) is 5.75. The summed E-state index contributed by atoms with van der Waals surface area (Å²) in [5.41, 5.74) is 8.24. The van der Waals surface area contributed by atoms with Crippen molar-refractivity contribution >= 4 is 17.5 Å². The Bertz CT molecular complexity index is 644. The number of aryl methyl sites for hydroxylation is 1. The number of carbonyl (C=O) groups is 2. The lowest BCUT2D eigenvalue weighted by molar-refractivity contribution is -0.118. The van der Waals surface area contributed by atoms with Gasteiger partial charge in [-0.3, -0.25) is 14.9 Å². The molecule has 2 rings (SSSR count). The molecule has 0 bridgehead atoms. The van der Waals surface area contributed by atoms with Crippen LogP contribution in [0.2, 0.25) is 0 Å². The van der Waals surface area contributed by atoms with Gasteiger partial charge in [0, 0.05) is 18.2 Å². The number of nitrogen functional groups attached to an aromatic ring is 1. The number of nitrogens with two attached hydrogens (primary N) is 1. The van der Waals surface area contributed by atoms with Crippen molar-refractivity contribution in [1.82, 2.24) is 5.32 Å². The van der Waals surface area contributed by atoms with E-state index in [1.165, 1.54) is 13.0 Å². The highest BCUT2D eigenvalue weighted by atomic mass is 16.4. The van der Waals surface area contributed by atoms with Crippen LogP contribution in [-0.2, 0) is 4.79 Å². The molecule has 0 aliphatic heterocycles. The fraction of sp³-hybridized carbons (Fsp3) is 0.143. The van der Waals surface area contributed by atoms with Crippen LogP contribution in [0.25, 0.3) is 11.3 Å². The average molecular weight is 258 g/mol. The number of hydrogen-bond donors (Lipinski definition) is 2. The summed E-state index contributed by atoms with van der Waals surface area (Å²) >= 11 is 0. The Morgan fingerprint density at radius 2 is 1.95 bits per heavy atom. The predicted molar refractivity (Wildman–Crippen MR) is 71.4 cm³/mol. The predicted octanol–water partition coefficient (Wildman–Crippen LogP) is 2.11. The van der Waals surface area contributed by atoms with E-state index in [2.05, 4.69) is 5.32 Å². The first-order chi connectivity index (χ1) is 8.97. The van der Waals surface area contributed by atoms with Crippen molar-refractivity contribution in [2.75, 3.05) is 5.73 Å². The first kappa shape index (κ1) is 12.9. The zero-order valence-electron chi connectivity index (χ0n) is 10.7. The third-order valence-corrected chi connectivity index (χ3v) is 2.59. The van der Waals surface area contributed by atoms with Crippen LogP contribution >= 0.6 is 0 Å². The van der Waals surface area contributed by atoms with Crippen molar-refractivity contribution in [1.29, 1.82) is 0 Å². The van der Waals surface area contributed by atoms with Gasteiger partial charge in [-0.15, -0.1) is 0 Å². The van der Waals surface area contributed by atoms with Crippen LogP contribution in [0.3, 0.4) is 0 Å². The lowest BCUT2D eigenvalue weighted by Crippen LogP contribution is -2.27. The molecular formula is C14H14N2O3. The van der Waals surface area contributed by atoms with E-state index in [0.717, 1.165) is 5.56 Å². The fourth-order valence-electron chi connectivity index (χ4n) is 1.73. The largest absolute Gasteiger partial charge is 0.451 e. The smallest absolute Gasteiger partial charge is 0.293 e. The molecule has 2 aromatic rings. The topological polar surface area (TPSA) is 85.3 Å². The van der Waals surface area contributed by atoms with Crippen LogP contribution < -0.4 is 11.1 Å². The molecule has 98 valence electrons. The maximum absolute atomic E-state index is 11.6. The van der Waals surface area contributed by atoms with Crippen LogP contribution in [0.1, 0.15) is 23.0 Å². The van der Waals surface area contributed by atoms with Crippen molar-refractivity contribution in [3.63, 3.8) is 0 Å². The minimum atomic E-state index is -0.565. The Labute approximate surface area is 110 Å². The minimum Gasteiger partial charge on any atom is -0.451 e. The normalized spacial score (nSPS) is 10.2. The van der Waals surface area contributed by atoms with Crippen molar-refractivity contribution in [3.8, 4) is 11.3 Å².